The van der Waals surface area contributed by atoms with E-state index in [4.69, 9.17) is 5.73 Å². The minimum atomic E-state index is -4.41. The normalized spacial score (nSPS) is 17.1. The van der Waals surface area contributed by atoms with Crippen molar-refractivity contribution in [3.8, 4) is 0 Å². The van der Waals surface area contributed by atoms with E-state index in [0.29, 0.717) is 12.2 Å². The number of nitrogen functional groups attached to an aromatic ring is 1. The highest BCUT2D eigenvalue weighted by Crippen LogP contribution is 2.35. The summed E-state index contributed by atoms with van der Waals surface area (Å²) in [4.78, 5) is 2.31. The molecular weight excluding hydrogens is 287 g/mol. The van der Waals surface area contributed by atoms with E-state index in [1.807, 2.05) is 11.8 Å². The molecule has 0 atom stereocenters. The number of alkyl halides is 3. The van der Waals surface area contributed by atoms with E-state index >= 15 is 0 Å². The summed E-state index contributed by atoms with van der Waals surface area (Å²) in [7, 11) is 0. The molecule has 1 saturated heterocycles. The highest BCUT2D eigenvalue weighted by molar-refractivity contribution is 7.99. The van der Waals surface area contributed by atoms with Gasteiger partial charge in [-0.1, -0.05) is 0 Å². The number of nitrogens with two attached hydrogens (primary N) is 1. The molecule has 20 heavy (non-hydrogen) atoms. The van der Waals surface area contributed by atoms with Crippen molar-refractivity contribution in [1.29, 1.82) is 0 Å². The van der Waals surface area contributed by atoms with Gasteiger partial charge in [-0.3, -0.25) is 4.90 Å². The number of rotatable bonds is 4. The molecule has 0 radical (unpaired) electrons. The van der Waals surface area contributed by atoms with Crippen LogP contribution in [-0.4, -0.2) is 42.6 Å². The molecule has 3 nitrogen and oxygen atoms in total. The highest BCUT2D eigenvalue weighted by Gasteiger charge is 2.33. The SMILES string of the molecule is Nc1ccc(NCCN2CCSCC2)cc1C(F)(F)F. The second-order valence-corrected chi connectivity index (χ2v) is 5.91. The van der Waals surface area contributed by atoms with E-state index < -0.39 is 11.7 Å². The fourth-order valence-electron chi connectivity index (χ4n) is 2.09. The Morgan fingerprint density at radius 1 is 1.25 bits per heavy atom. The number of thioether (sulfide) groups is 1. The van der Waals surface area contributed by atoms with Crippen LogP contribution in [0.2, 0.25) is 0 Å². The van der Waals surface area contributed by atoms with Crippen LogP contribution in [0.25, 0.3) is 0 Å². The molecule has 7 heteroatoms. The minimum Gasteiger partial charge on any atom is -0.398 e. The molecule has 0 unspecified atom stereocenters. The predicted molar refractivity (Wildman–Crippen MR) is 78.1 cm³/mol. The standard InChI is InChI=1S/C13H18F3N3S/c14-13(15,16)11-9-10(1-2-12(11)17)18-3-4-19-5-7-20-8-6-19/h1-2,9,18H,3-8,17H2. The van der Waals surface area contributed by atoms with E-state index in [0.717, 1.165) is 37.2 Å². The van der Waals surface area contributed by atoms with Crippen LogP contribution in [0.1, 0.15) is 5.56 Å². The van der Waals surface area contributed by atoms with Crippen molar-refractivity contribution < 1.29 is 13.2 Å². The Hall–Kier alpha value is -1.08. The molecule has 1 heterocycles. The Labute approximate surface area is 120 Å². The zero-order chi connectivity index (χ0) is 14.6. The van der Waals surface area contributed by atoms with Gasteiger partial charge in [0.15, 0.2) is 0 Å². The van der Waals surface area contributed by atoms with E-state index in [-0.39, 0.29) is 5.69 Å². The lowest BCUT2D eigenvalue weighted by molar-refractivity contribution is -0.136. The Balaban J connectivity index is 1.89. The summed E-state index contributed by atoms with van der Waals surface area (Å²) in [6.45, 7) is 3.56. The monoisotopic (exact) mass is 305 g/mol. The molecule has 112 valence electrons. The molecule has 1 aromatic rings. The predicted octanol–water partition coefficient (Wildman–Crippen LogP) is 2.75. The number of nitrogens with zero attached hydrogens (tertiary/aromatic N) is 1. The number of nitrogens with one attached hydrogen (secondary N) is 1. The van der Waals surface area contributed by atoms with Crippen molar-refractivity contribution in [2.75, 3.05) is 48.7 Å². The van der Waals surface area contributed by atoms with Gasteiger partial charge in [-0.25, -0.2) is 0 Å². The maximum absolute atomic E-state index is 12.7. The lowest BCUT2D eigenvalue weighted by Crippen LogP contribution is -2.36. The number of anilines is 2. The summed E-state index contributed by atoms with van der Waals surface area (Å²) >= 11 is 1.93. The smallest absolute Gasteiger partial charge is 0.398 e. The van der Waals surface area contributed by atoms with Gasteiger partial charge in [-0.05, 0) is 18.2 Å². The maximum Gasteiger partial charge on any atom is 0.418 e. The second-order valence-electron chi connectivity index (χ2n) is 4.68. The van der Waals surface area contributed by atoms with E-state index in [2.05, 4.69) is 10.2 Å². The maximum atomic E-state index is 12.7. The van der Waals surface area contributed by atoms with Gasteiger partial charge >= 0.3 is 6.18 Å². The Morgan fingerprint density at radius 2 is 1.95 bits per heavy atom. The van der Waals surface area contributed by atoms with Crippen molar-refractivity contribution in [2.24, 2.45) is 0 Å². The van der Waals surface area contributed by atoms with Crippen LogP contribution in [0.15, 0.2) is 18.2 Å². The zero-order valence-corrected chi connectivity index (χ0v) is 11.9. The van der Waals surface area contributed by atoms with Gasteiger partial charge in [-0.15, -0.1) is 0 Å². The van der Waals surface area contributed by atoms with Crippen LogP contribution in [0.5, 0.6) is 0 Å². The van der Waals surface area contributed by atoms with Crippen molar-refractivity contribution in [3.63, 3.8) is 0 Å². The third kappa shape index (κ3) is 4.21. The molecule has 0 spiro atoms. The van der Waals surface area contributed by atoms with Gasteiger partial charge in [0.2, 0.25) is 0 Å². The van der Waals surface area contributed by atoms with Gasteiger partial charge in [0.05, 0.1) is 5.56 Å². The van der Waals surface area contributed by atoms with Crippen LogP contribution in [0.3, 0.4) is 0 Å². The van der Waals surface area contributed by atoms with Crippen LogP contribution in [0.4, 0.5) is 24.5 Å². The number of hydrogen-bond donors (Lipinski definition) is 2. The van der Waals surface area contributed by atoms with E-state index in [1.165, 1.54) is 6.07 Å². The average molecular weight is 305 g/mol. The van der Waals surface area contributed by atoms with Gasteiger partial charge < -0.3 is 11.1 Å². The first-order chi connectivity index (χ1) is 9.47. The molecule has 0 amide bonds. The molecule has 2 rings (SSSR count). The summed E-state index contributed by atoms with van der Waals surface area (Å²) < 4.78 is 38.2. The third-order valence-corrected chi connectivity index (χ3v) is 4.16. The Kier molecular flexibility index (Phi) is 5.04. The Morgan fingerprint density at radius 3 is 2.60 bits per heavy atom. The summed E-state index contributed by atoms with van der Waals surface area (Å²) in [6, 6.07) is 3.95. The van der Waals surface area contributed by atoms with E-state index in [1.54, 1.807) is 6.07 Å². The lowest BCUT2D eigenvalue weighted by atomic mass is 10.1. The molecule has 0 aliphatic carbocycles. The van der Waals surface area contributed by atoms with Gasteiger partial charge in [0.25, 0.3) is 0 Å². The third-order valence-electron chi connectivity index (χ3n) is 3.22. The van der Waals surface area contributed by atoms with Gasteiger partial charge in [0, 0.05) is 49.1 Å². The average Bonchev–Trinajstić information content (AvgIpc) is 2.40. The molecule has 1 aliphatic heterocycles. The first-order valence-electron chi connectivity index (χ1n) is 6.47. The summed E-state index contributed by atoms with van der Waals surface area (Å²) in [6.07, 6.45) is -4.41. The first kappa shape index (κ1) is 15.3. The topological polar surface area (TPSA) is 41.3 Å². The molecule has 0 aromatic heterocycles. The Bertz CT molecular complexity index is 445. The molecule has 1 aromatic carbocycles. The molecule has 1 fully saturated rings. The first-order valence-corrected chi connectivity index (χ1v) is 7.63. The quantitative estimate of drug-likeness (QED) is 0.839. The van der Waals surface area contributed by atoms with Crippen LogP contribution < -0.4 is 11.1 Å². The van der Waals surface area contributed by atoms with Gasteiger partial charge in [-0.2, -0.15) is 24.9 Å². The molecule has 1 aliphatic rings. The lowest BCUT2D eigenvalue weighted by Gasteiger charge is -2.26. The summed E-state index contributed by atoms with van der Waals surface area (Å²) in [5.41, 5.74) is 4.80. The van der Waals surface area contributed by atoms with E-state index in [9.17, 15) is 13.2 Å². The molecule has 0 bridgehead atoms. The molecule has 3 N–H and O–H groups in total. The van der Waals surface area contributed by atoms with Crippen molar-refractivity contribution in [2.45, 2.75) is 6.18 Å². The largest absolute Gasteiger partial charge is 0.418 e. The summed E-state index contributed by atoms with van der Waals surface area (Å²) in [5, 5.41) is 3.03. The molecular formula is C13H18F3N3S. The van der Waals surface area contributed by atoms with Crippen molar-refractivity contribution in [3.05, 3.63) is 23.8 Å². The van der Waals surface area contributed by atoms with Crippen molar-refractivity contribution >= 4 is 23.1 Å². The van der Waals surface area contributed by atoms with Crippen LogP contribution in [0, 0.1) is 0 Å². The summed E-state index contributed by atoms with van der Waals surface area (Å²) in [5.74, 6) is 2.25. The fourth-order valence-corrected chi connectivity index (χ4v) is 3.07. The number of halogens is 3. The minimum absolute atomic E-state index is 0.240. The van der Waals surface area contributed by atoms with Crippen molar-refractivity contribution in [1.82, 2.24) is 4.90 Å². The fraction of sp³-hybridized carbons (Fsp3) is 0.538. The van der Waals surface area contributed by atoms with Gasteiger partial charge in [0.1, 0.15) is 0 Å². The second kappa shape index (κ2) is 6.58. The highest BCUT2D eigenvalue weighted by atomic mass is 32.2. The molecule has 0 saturated carbocycles. The van der Waals surface area contributed by atoms with Crippen LogP contribution in [-0.2, 0) is 6.18 Å². The number of hydrogen-bond acceptors (Lipinski definition) is 4. The zero-order valence-electron chi connectivity index (χ0n) is 11.0. The number of benzene rings is 1. The van der Waals surface area contributed by atoms with Crippen LogP contribution >= 0.6 is 11.8 Å².